The van der Waals surface area contributed by atoms with Crippen LogP contribution in [0.15, 0.2) is 0 Å². The van der Waals surface area contributed by atoms with E-state index in [0.29, 0.717) is 11.8 Å². The Kier molecular flexibility index (Phi) is 2.28. The van der Waals surface area contributed by atoms with Gasteiger partial charge in [-0.15, -0.1) is 0 Å². The SMILES string of the molecule is COC(=O)[C@H]1CC[C@@H]2C(O)CC[C@H]12. The molecular weight excluding hydrogens is 168 g/mol. The first-order valence-corrected chi connectivity index (χ1v) is 5.00. The molecule has 74 valence electrons. The normalized spacial score (nSPS) is 43.2. The lowest BCUT2D eigenvalue weighted by atomic mass is 9.92. The predicted molar refractivity (Wildman–Crippen MR) is 47.0 cm³/mol. The lowest BCUT2D eigenvalue weighted by Gasteiger charge is -2.16. The average molecular weight is 184 g/mol. The number of ether oxygens (including phenoxy) is 1. The zero-order chi connectivity index (χ0) is 9.42. The summed E-state index contributed by atoms with van der Waals surface area (Å²) < 4.78 is 4.76. The first-order chi connectivity index (χ1) is 6.24. The van der Waals surface area contributed by atoms with Crippen LogP contribution in [0.2, 0.25) is 0 Å². The van der Waals surface area contributed by atoms with Gasteiger partial charge in [0.25, 0.3) is 0 Å². The molecule has 1 N–H and O–H groups in total. The lowest BCUT2D eigenvalue weighted by molar-refractivity contribution is -0.146. The summed E-state index contributed by atoms with van der Waals surface area (Å²) >= 11 is 0. The molecular formula is C10H16O3. The van der Waals surface area contributed by atoms with Crippen LogP contribution in [0.4, 0.5) is 0 Å². The third kappa shape index (κ3) is 1.35. The second-order valence-corrected chi connectivity index (χ2v) is 4.18. The largest absolute Gasteiger partial charge is 0.469 e. The fourth-order valence-corrected chi connectivity index (χ4v) is 3.01. The first kappa shape index (κ1) is 9.00. The third-order valence-electron chi connectivity index (χ3n) is 3.67. The van der Waals surface area contributed by atoms with E-state index in [0.717, 1.165) is 25.7 Å². The van der Waals surface area contributed by atoms with Gasteiger partial charge in [0, 0.05) is 0 Å². The highest BCUT2D eigenvalue weighted by Gasteiger charge is 2.47. The maximum atomic E-state index is 11.4. The van der Waals surface area contributed by atoms with Gasteiger partial charge in [0.1, 0.15) is 0 Å². The summed E-state index contributed by atoms with van der Waals surface area (Å²) in [5.41, 5.74) is 0. The van der Waals surface area contributed by atoms with Crippen LogP contribution in [0.1, 0.15) is 25.7 Å². The summed E-state index contributed by atoms with van der Waals surface area (Å²) in [5, 5.41) is 9.62. The van der Waals surface area contributed by atoms with Gasteiger partial charge in [-0.3, -0.25) is 4.79 Å². The number of rotatable bonds is 1. The standard InChI is InChI=1S/C10H16O3/c1-13-10(12)8-3-2-7-6(8)4-5-9(7)11/h6-9,11H,2-5H2,1H3/t6-,7-,8-,9?/m0/s1. The zero-order valence-electron chi connectivity index (χ0n) is 7.90. The maximum absolute atomic E-state index is 11.4. The summed E-state index contributed by atoms with van der Waals surface area (Å²) in [6.45, 7) is 0. The average Bonchev–Trinajstić information content (AvgIpc) is 2.68. The van der Waals surface area contributed by atoms with Gasteiger partial charge in [0.05, 0.1) is 19.1 Å². The number of hydrogen-bond acceptors (Lipinski definition) is 3. The number of aliphatic hydroxyl groups excluding tert-OH is 1. The van der Waals surface area contributed by atoms with E-state index < -0.39 is 0 Å². The fraction of sp³-hybridized carbons (Fsp3) is 0.900. The molecule has 2 aliphatic rings. The zero-order valence-corrected chi connectivity index (χ0v) is 7.90. The molecule has 2 fully saturated rings. The minimum absolute atomic E-state index is 0.0622. The Morgan fingerprint density at radius 3 is 2.62 bits per heavy atom. The van der Waals surface area contributed by atoms with Crippen LogP contribution in [-0.4, -0.2) is 24.3 Å². The number of carbonyl (C=O) groups is 1. The van der Waals surface area contributed by atoms with Crippen molar-refractivity contribution in [1.29, 1.82) is 0 Å². The van der Waals surface area contributed by atoms with Crippen molar-refractivity contribution in [3.63, 3.8) is 0 Å². The van der Waals surface area contributed by atoms with Crippen molar-refractivity contribution in [2.24, 2.45) is 17.8 Å². The smallest absolute Gasteiger partial charge is 0.308 e. The van der Waals surface area contributed by atoms with Crippen molar-refractivity contribution in [2.75, 3.05) is 7.11 Å². The molecule has 0 aliphatic heterocycles. The van der Waals surface area contributed by atoms with Crippen LogP contribution in [0.5, 0.6) is 0 Å². The van der Waals surface area contributed by atoms with Gasteiger partial charge < -0.3 is 9.84 Å². The molecule has 0 spiro atoms. The minimum atomic E-state index is -0.167. The van der Waals surface area contributed by atoms with Crippen molar-refractivity contribution in [1.82, 2.24) is 0 Å². The van der Waals surface area contributed by atoms with E-state index >= 15 is 0 Å². The van der Waals surface area contributed by atoms with E-state index in [9.17, 15) is 9.90 Å². The molecule has 0 bridgehead atoms. The maximum Gasteiger partial charge on any atom is 0.308 e. The van der Waals surface area contributed by atoms with Crippen molar-refractivity contribution in [3.8, 4) is 0 Å². The molecule has 1 unspecified atom stereocenters. The summed E-state index contributed by atoms with van der Waals surface area (Å²) in [7, 11) is 1.45. The quantitative estimate of drug-likeness (QED) is 0.617. The van der Waals surface area contributed by atoms with Gasteiger partial charge in [-0.1, -0.05) is 0 Å². The predicted octanol–water partition coefficient (Wildman–Crippen LogP) is 0.956. The van der Waals surface area contributed by atoms with E-state index in [4.69, 9.17) is 4.74 Å². The van der Waals surface area contributed by atoms with Crippen molar-refractivity contribution in [2.45, 2.75) is 31.8 Å². The molecule has 0 saturated heterocycles. The number of carbonyl (C=O) groups excluding carboxylic acids is 1. The molecule has 0 heterocycles. The summed E-state index contributed by atoms with van der Waals surface area (Å²) in [5.74, 6) is 0.736. The molecule has 0 aromatic heterocycles. The van der Waals surface area contributed by atoms with Crippen LogP contribution < -0.4 is 0 Å². The molecule has 3 heteroatoms. The Labute approximate surface area is 78.1 Å². The van der Waals surface area contributed by atoms with Gasteiger partial charge in [-0.25, -0.2) is 0 Å². The molecule has 2 rings (SSSR count). The van der Waals surface area contributed by atoms with Crippen molar-refractivity contribution in [3.05, 3.63) is 0 Å². The Morgan fingerprint density at radius 2 is 1.92 bits per heavy atom. The molecule has 0 aromatic rings. The molecule has 13 heavy (non-hydrogen) atoms. The highest BCUT2D eigenvalue weighted by atomic mass is 16.5. The number of methoxy groups -OCH3 is 1. The van der Waals surface area contributed by atoms with Crippen LogP contribution in [0.3, 0.4) is 0 Å². The van der Waals surface area contributed by atoms with E-state index in [1.807, 2.05) is 0 Å². The Balaban J connectivity index is 2.06. The van der Waals surface area contributed by atoms with Gasteiger partial charge in [0.15, 0.2) is 0 Å². The lowest BCUT2D eigenvalue weighted by Crippen LogP contribution is -2.22. The number of esters is 1. The fourth-order valence-electron chi connectivity index (χ4n) is 3.01. The van der Waals surface area contributed by atoms with Crippen LogP contribution in [-0.2, 0) is 9.53 Å². The van der Waals surface area contributed by atoms with E-state index in [1.165, 1.54) is 7.11 Å². The molecule has 2 aliphatic carbocycles. The van der Waals surface area contributed by atoms with Crippen molar-refractivity contribution < 1.29 is 14.6 Å². The van der Waals surface area contributed by atoms with Crippen LogP contribution in [0.25, 0.3) is 0 Å². The molecule has 0 radical (unpaired) electrons. The number of hydrogen-bond donors (Lipinski definition) is 1. The molecule has 0 aromatic carbocycles. The Morgan fingerprint density at radius 1 is 1.23 bits per heavy atom. The van der Waals surface area contributed by atoms with Crippen molar-refractivity contribution >= 4 is 5.97 Å². The molecule has 3 nitrogen and oxygen atoms in total. The van der Waals surface area contributed by atoms with Crippen LogP contribution >= 0.6 is 0 Å². The second-order valence-electron chi connectivity index (χ2n) is 4.18. The van der Waals surface area contributed by atoms with Gasteiger partial charge in [-0.05, 0) is 37.5 Å². The minimum Gasteiger partial charge on any atom is -0.469 e. The summed E-state index contributed by atoms with van der Waals surface area (Å²) in [6.07, 6.45) is 3.58. The Bertz CT molecular complexity index is 214. The van der Waals surface area contributed by atoms with E-state index in [-0.39, 0.29) is 18.0 Å². The number of aliphatic hydroxyl groups is 1. The molecule has 0 amide bonds. The Hall–Kier alpha value is -0.570. The van der Waals surface area contributed by atoms with E-state index in [2.05, 4.69) is 0 Å². The molecule has 4 atom stereocenters. The van der Waals surface area contributed by atoms with Gasteiger partial charge in [0.2, 0.25) is 0 Å². The monoisotopic (exact) mass is 184 g/mol. The highest BCUT2D eigenvalue weighted by Crippen LogP contribution is 2.47. The van der Waals surface area contributed by atoms with Crippen LogP contribution in [0, 0.1) is 17.8 Å². The first-order valence-electron chi connectivity index (χ1n) is 5.00. The highest BCUT2D eigenvalue weighted by molar-refractivity contribution is 5.73. The van der Waals surface area contributed by atoms with Gasteiger partial charge >= 0.3 is 5.97 Å². The second kappa shape index (κ2) is 3.29. The summed E-state index contributed by atoms with van der Waals surface area (Å²) in [4.78, 5) is 11.4. The summed E-state index contributed by atoms with van der Waals surface area (Å²) in [6, 6.07) is 0. The number of fused-ring (bicyclic) bond motifs is 1. The molecule has 2 saturated carbocycles. The van der Waals surface area contributed by atoms with E-state index in [1.54, 1.807) is 0 Å². The van der Waals surface area contributed by atoms with Gasteiger partial charge in [-0.2, -0.15) is 0 Å². The topological polar surface area (TPSA) is 46.5 Å². The third-order valence-corrected chi connectivity index (χ3v) is 3.67.